The van der Waals surface area contributed by atoms with Crippen LogP contribution in [-0.2, 0) is 0 Å². The maximum atomic E-state index is 12.2. The molecule has 0 aromatic heterocycles. The first-order valence-electron chi connectivity index (χ1n) is 7.56. The van der Waals surface area contributed by atoms with Crippen LogP contribution in [0.25, 0.3) is 0 Å². The van der Waals surface area contributed by atoms with Crippen molar-refractivity contribution in [3.63, 3.8) is 0 Å². The predicted octanol–water partition coefficient (Wildman–Crippen LogP) is 4.23. The molecule has 2 amide bonds. The van der Waals surface area contributed by atoms with Crippen molar-refractivity contribution in [2.24, 2.45) is 0 Å². The number of unbranched alkanes of at least 4 members (excludes halogenated alkanes) is 1. The number of hydrogen-bond donors (Lipinski definition) is 2. The molecule has 0 fully saturated rings. The summed E-state index contributed by atoms with van der Waals surface area (Å²) in [6.45, 7) is 2.74. The minimum absolute atomic E-state index is 0.115. The maximum Gasteiger partial charge on any atom is 0.255 e. The number of carbonyl (C=O) groups is 2. The molecule has 2 rings (SSSR count). The van der Waals surface area contributed by atoms with Gasteiger partial charge in [-0.05, 0) is 58.7 Å². The zero-order valence-electron chi connectivity index (χ0n) is 12.9. The number of hydrogen-bond acceptors (Lipinski definition) is 2. The average Bonchev–Trinajstić information content (AvgIpc) is 2.57. The Kier molecular flexibility index (Phi) is 6.35. The molecule has 0 aliphatic carbocycles. The van der Waals surface area contributed by atoms with Crippen molar-refractivity contribution in [1.82, 2.24) is 5.32 Å². The molecule has 0 radical (unpaired) electrons. The molecule has 0 heterocycles. The zero-order valence-corrected chi connectivity index (χ0v) is 14.5. The molecular formula is C18H19BrN2O2. The lowest BCUT2D eigenvalue weighted by Crippen LogP contribution is -2.24. The van der Waals surface area contributed by atoms with Gasteiger partial charge in [-0.3, -0.25) is 9.59 Å². The average molecular weight is 375 g/mol. The second-order valence-electron chi connectivity index (χ2n) is 5.12. The highest BCUT2D eigenvalue weighted by Crippen LogP contribution is 2.21. The van der Waals surface area contributed by atoms with Gasteiger partial charge in [0.1, 0.15) is 0 Å². The highest BCUT2D eigenvalue weighted by atomic mass is 79.9. The molecule has 2 aromatic rings. The van der Waals surface area contributed by atoms with Crippen LogP contribution < -0.4 is 10.6 Å². The molecule has 0 atom stereocenters. The van der Waals surface area contributed by atoms with Crippen molar-refractivity contribution in [3.05, 3.63) is 64.1 Å². The highest BCUT2D eigenvalue weighted by Gasteiger charge is 2.10. The lowest BCUT2D eigenvalue weighted by molar-refractivity contribution is 0.0951. The Balaban J connectivity index is 2.00. The van der Waals surface area contributed by atoms with Gasteiger partial charge in [0.15, 0.2) is 0 Å². The Bertz CT molecular complexity index is 684. The van der Waals surface area contributed by atoms with Crippen LogP contribution in [0, 0.1) is 0 Å². The van der Waals surface area contributed by atoms with Crippen molar-refractivity contribution < 1.29 is 9.59 Å². The van der Waals surface area contributed by atoms with Crippen molar-refractivity contribution in [2.45, 2.75) is 19.8 Å². The van der Waals surface area contributed by atoms with Crippen LogP contribution in [0.4, 0.5) is 5.69 Å². The quantitative estimate of drug-likeness (QED) is 0.743. The number of carbonyl (C=O) groups excluding carboxylic acids is 2. The SMILES string of the molecule is CCCCNC(=O)c1ccc(C(=O)Nc2ccccc2Br)cc1. The fourth-order valence-electron chi connectivity index (χ4n) is 2.01. The molecule has 5 heteroatoms. The summed E-state index contributed by atoms with van der Waals surface area (Å²) in [6.07, 6.45) is 1.99. The standard InChI is InChI=1S/C18H19BrN2O2/c1-2-3-12-20-17(22)13-8-10-14(11-9-13)18(23)21-16-7-5-4-6-15(16)19/h4-11H,2-3,12H2,1H3,(H,20,22)(H,21,23). The van der Waals surface area contributed by atoms with Crippen molar-refractivity contribution in [2.75, 3.05) is 11.9 Å². The Morgan fingerprint density at radius 2 is 1.57 bits per heavy atom. The Labute approximate surface area is 144 Å². The van der Waals surface area contributed by atoms with E-state index in [-0.39, 0.29) is 11.8 Å². The van der Waals surface area contributed by atoms with Crippen LogP contribution in [0.15, 0.2) is 53.0 Å². The van der Waals surface area contributed by atoms with E-state index in [9.17, 15) is 9.59 Å². The van der Waals surface area contributed by atoms with Crippen LogP contribution in [0.3, 0.4) is 0 Å². The first kappa shape index (κ1) is 17.2. The third kappa shape index (κ3) is 4.93. The lowest BCUT2D eigenvalue weighted by Gasteiger charge is -2.08. The van der Waals surface area contributed by atoms with Gasteiger partial charge in [0.25, 0.3) is 11.8 Å². The van der Waals surface area contributed by atoms with Gasteiger partial charge in [-0.15, -0.1) is 0 Å². The highest BCUT2D eigenvalue weighted by molar-refractivity contribution is 9.10. The zero-order chi connectivity index (χ0) is 16.7. The van der Waals surface area contributed by atoms with E-state index >= 15 is 0 Å². The third-order valence-corrected chi connectivity index (χ3v) is 4.04. The number of amides is 2. The summed E-state index contributed by atoms with van der Waals surface area (Å²) in [4.78, 5) is 24.1. The molecule has 0 aliphatic rings. The summed E-state index contributed by atoms with van der Waals surface area (Å²) in [7, 11) is 0. The second kappa shape index (κ2) is 8.48. The van der Waals surface area contributed by atoms with E-state index in [1.165, 1.54) is 0 Å². The molecule has 0 spiro atoms. The van der Waals surface area contributed by atoms with Crippen molar-refractivity contribution in [1.29, 1.82) is 0 Å². The number of anilines is 1. The maximum absolute atomic E-state index is 12.2. The van der Waals surface area contributed by atoms with Gasteiger partial charge in [-0.25, -0.2) is 0 Å². The summed E-state index contributed by atoms with van der Waals surface area (Å²) in [5, 5.41) is 5.68. The molecule has 2 N–H and O–H groups in total. The predicted molar refractivity (Wildman–Crippen MR) is 95.8 cm³/mol. The number of halogens is 1. The lowest BCUT2D eigenvalue weighted by atomic mass is 10.1. The molecule has 0 aliphatic heterocycles. The molecule has 23 heavy (non-hydrogen) atoms. The Hall–Kier alpha value is -2.14. The van der Waals surface area contributed by atoms with Crippen LogP contribution >= 0.6 is 15.9 Å². The summed E-state index contributed by atoms with van der Waals surface area (Å²) >= 11 is 3.39. The minimum Gasteiger partial charge on any atom is -0.352 e. The summed E-state index contributed by atoms with van der Waals surface area (Å²) in [5.74, 6) is -0.328. The third-order valence-electron chi connectivity index (χ3n) is 3.35. The fraction of sp³-hybridized carbons (Fsp3) is 0.222. The summed E-state index contributed by atoms with van der Waals surface area (Å²) in [5.41, 5.74) is 1.77. The van der Waals surface area contributed by atoms with Gasteiger partial charge in [0, 0.05) is 22.1 Å². The number of benzene rings is 2. The van der Waals surface area contributed by atoms with Gasteiger partial charge in [0.05, 0.1) is 5.69 Å². The van der Waals surface area contributed by atoms with E-state index in [2.05, 4.69) is 33.5 Å². The number of rotatable bonds is 6. The van der Waals surface area contributed by atoms with E-state index in [4.69, 9.17) is 0 Å². The molecule has 0 bridgehead atoms. The smallest absolute Gasteiger partial charge is 0.255 e. The van der Waals surface area contributed by atoms with Gasteiger partial charge in [-0.1, -0.05) is 25.5 Å². The van der Waals surface area contributed by atoms with Crippen LogP contribution in [0.2, 0.25) is 0 Å². The van der Waals surface area contributed by atoms with Crippen LogP contribution in [-0.4, -0.2) is 18.4 Å². The largest absolute Gasteiger partial charge is 0.352 e. The molecule has 4 nitrogen and oxygen atoms in total. The number of nitrogens with one attached hydrogen (secondary N) is 2. The first-order chi connectivity index (χ1) is 11.1. The van der Waals surface area contributed by atoms with E-state index in [0.29, 0.717) is 23.4 Å². The molecule has 0 unspecified atom stereocenters. The van der Waals surface area contributed by atoms with Crippen molar-refractivity contribution in [3.8, 4) is 0 Å². The fourth-order valence-corrected chi connectivity index (χ4v) is 2.39. The van der Waals surface area contributed by atoms with E-state index in [0.717, 1.165) is 17.3 Å². The second-order valence-corrected chi connectivity index (χ2v) is 5.98. The number of para-hydroxylation sites is 1. The minimum atomic E-state index is -0.213. The monoisotopic (exact) mass is 374 g/mol. The van der Waals surface area contributed by atoms with Gasteiger partial charge < -0.3 is 10.6 Å². The normalized spacial score (nSPS) is 10.2. The first-order valence-corrected chi connectivity index (χ1v) is 8.35. The van der Waals surface area contributed by atoms with E-state index < -0.39 is 0 Å². The molecular weight excluding hydrogens is 356 g/mol. The molecule has 0 saturated carbocycles. The van der Waals surface area contributed by atoms with Gasteiger partial charge in [-0.2, -0.15) is 0 Å². The Morgan fingerprint density at radius 3 is 2.17 bits per heavy atom. The summed E-state index contributed by atoms with van der Waals surface area (Å²) < 4.78 is 0.820. The molecule has 120 valence electrons. The summed E-state index contributed by atoms with van der Waals surface area (Å²) in [6, 6.07) is 14.0. The van der Waals surface area contributed by atoms with Crippen LogP contribution in [0.5, 0.6) is 0 Å². The van der Waals surface area contributed by atoms with Gasteiger partial charge >= 0.3 is 0 Å². The molecule has 2 aromatic carbocycles. The van der Waals surface area contributed by atoms with E-state index in [1.807, 2.05) is 24.3 Å². The topological polar surface area (TPSA) is 58.2 Å². The van der Waals surface area contributed by atoms with Crippen molar-refractivity contribution >= 4 is 33.4 Å². The van der Waals surface area contributed by atoms with Crippen LogP contribution in [0.1, 0.15) is 40.5 Å². The van der Waals surface area contributed by atoms with Gasteiger partial charge in [0.2, 0.25) is 0 Å². The Morgan fingerprint density at radius 1 is 0.957 bits per heavy atom. The molecule has 0 saturated heterocycles. The van der Waals surface area contributed by atoms with E-state index in [1.54, 1.807) is 24.3 Å².